The first-order valence-electron chi connectivity index (χ1n) is 7.31. The molecule has 0 saturated heterocycles. The standard InChI is InChI=1S/C15H32.H3N/c1-4-6-7-8-9-10-11-12-13-14-15(3)5-2;/h15H,4-14H2,1-3H3;1H3. The van der Waals surface area contributed by atoms with Crippen LogP contribution in [0.15, 0.2) is 0 Å². The van der Waals surface area contributed by atoms with Crippen LogP contribution in [0.3, 0.4) is 0 Å². The normalized spacial score (nSPS) is 12.2. The zero-order valence-corrected chi connectivity index (χ0v) is 12.1. The quantitative estimate of drug-likeness (QED) is 0.426. The Labute approximate surface area is 104 Å². The van der Waals surface area contributed by atoms with Crippen molar-refractivity contribution in [3.05, 3.63) is 0 Å². The molecule has 1 atom stereocenters. The lowest BCUT2D eigenvalue weighted by Crippen LogP contribution is -1.91. The van der Waals surface area contributed by atoms with Crippen LogP contribution >= 0.6 is 0 Å². The van der Waals surface area contributed by atoms with Gasteiger partial charge in [-0.2, -0.15) is 0 Å². The maximum Gasteiger partial charge on any atom is -0.0445 e. The van der Waals surface area contributed by atoms with E-state index in [1.807, 2.05) is 0 Å². The van der Waals surface area contributed by atoms with Crippen LogP contribution in [0.5, 0.6) is 0 Å². The zero-order valence-electron chi connectivity index (χ0n) is 12.1. The molecule has 0 heterocycles. The van der Waals surface area contributed by atoms with Crippen molar-refractivity contribution in [3.63, 3.8) is 0 Å². The second-order valence-electron chi connectivity index (χ2n) is 5.13. The largest absolute Gasteiger partial charge is 0.344 e. The average molecular weight is 229 g/mol. The summed E-state index contributed by atoms with van der Waals surface area (Å²) in [5.41, 5.74) is 0. The van der Waals surface area contributed by atoms with E-state index in [1.165, 1.54) is 70.6 Å². The molecule has 0 aromatic carbocycles. The first-order chi connectivity index (χ1) is 7.31. The Balaban J connectivity index is 0. The molecule has 0 aromatic rings. The third-order valence-electron chi connectivity index (χ3n) is 3.50. The minimum absolute atomic E-state index is 0. The topological polar surface area (TPSA) is 35.0 Å². The average Bonchev–Trinajstić information content (AvgIpc) is 2.26. The molecule has 0 spiro atoms. The molecule has 0 radical (unpaired) electrons. The highest BCUT2D eigenvalue weighted by Gasteiger charge is 1.97. The maximum atomic E-state index is 2.38. The summed E-state index contributed by atoms with van der Waals surface area (Å²) in [6.45, 7) is 6.97. The van der Waals surface area contributed by atoms with Crippen LogP contribution in [0.1, 0.15) is 91.4 Å². The smallest absolute Gasteiger partial charge is 0.0445 e. The van der Waals surface area contributed by atoms with Crippen LogP contribution in [0.2, 0.25) is 0 Å². The summed E-state index contributed by atoms with van der Waals surface area (Å²) in [6, 6.07) is 0. The van der Waals surface area contributed by atoms with Gasteiger partial charge in [-0.05, 0) is 5.92 Å². The van der Waals surface area contributed by atoms with E-state index in [9.17, 15) is 0 Å². The monoisotopic (exact) mass is 229 g/mol. The lowest BCUT2D eigenvalue weighted by molar-refractivity contribution is 0.469. The van der Waals surface area contributed by atoms with Crippen molar-refractivity contribution in [2.24, 2.45) is 5.92 Å². The van der Waals surface area contributed by atoms with Crippen LogP contribution < -0.4 is 6.15 Å². The summed E-state index contributed by atoms with van der Waals surface area (Å²) in [5.74, 6) is 0.953. The molecule has 0 bridgehead atoms. The van der Waals surface area contributed by atoms with E-state index >= 15 is 0 Å². The molecule has 1 heteroatoms. The van der Waals surface area contributed by atoms with E-state index in [0.29, 0.717) is 0 Å². The summed E-state index contributed by atoms with van der Waals surface area (Å²) in [5, 5.41) is 0. The van der Waals surface area contributed by atoms with Crippen molar-refractivity contribution in [1.82, 2.24) is 6.15 Å². The van der Waals surface area contributed by atoms with Crippen molar-refractivity contribution in [2.75, 3.05) is 0 Å². The lowest BCUT2D eigenvalue weighted by atomic mass is 9.99. The molecule has 0 amide bonds. The van der Waals surface area contributed by atoms with Gasteiger partial charge in [0.25, 0.3) is 0 Å². The second-order valence-corrected chi connectivity index (χ2v) is 5.13. The predicted octanol–water partition coefficient (Wildman–Crippen LogP) is 6.12. The van der Waals surface area contributed by atoms with Gasteiger partial charge in [0.05, 0.1) is 0 Å². The summed E-state index contributed by atoms with van der Waals surface area (Å²) in [6.07, 6.45) is 15.9. The Morgan fingerprint density at radius 1 is 0.688 bits per heavy atom. The molecule has 0 aliphatic rings. The molecule has 0 aromatic heterocycles. The molecule has 0 saturated carbocycles. The van der Waals surface area contributed by atoms with E-state index in [2.05, 4.69) is 20.8 Å². The Morgan fingerprint density at radius 3 is 1.56 bits per heavy atom. The molecule has 0 fully saturated rings. The number of rotatable bonds is 11. The summed E-state index contributed by atoms with van der Waals surface area (Å²) in [7, 11) is 0. The van der Waals surface area contributed by atoms with Crippen molar-refractivity contribution in [3.8, 4) is 0 Å². The minimum atomic E-state index is 0. The van der Waals surface area contributed by atoms with Gasteiger partial charge in [-0.15, -0.1) is 0 Å². The fraction of sp³-hybridized carbons (Fsp3) is 1.00. The fourth-order valence-corrected chi connectivity index (χ4v) is 2.01. The van der Waals surface area contributed by atoms with Gasteiger partial charge in [-0.25, -0.2) is 0 Å². The SMILES string of the molecule is CCCCCCCCCCCC(C)CC.N. The first kappa shape index (κ1) is 18.3. The molecule has 1 nitrogen and oxygen atoms in total. The maximum absolute atomic E-state index is 2.38. The van der Waals surface area contributed by atoms with Gasteiger partial charge in [0.1, 0.15) is 0 Å². The highest BCUT2D eigenvalue weighted by molar-refractivity contribution is 4.51. The van der Waals surface area contributed by atoms with Crippen LogP contribution in [-0.2, 0) is 0 Å². The number of hydrogen-bond donors (Lipinski definition) is 1. The summed E-state index contributed by atoms with van der Waals surface area (Å²) >= 11 is 0. The third-order valence-corrected chi connectivity index (χ3v) is 3.50. The summed E-state index contributed by atoms with van der Waals surface area (Å²) in [4.78, 5) is 0. The van der Waals surface area contributed by atoms with Crippen LogP contribution in [0.25, 0.3) is 0 Å². The van der Waals surface area contributed by atoms with E-state index in [4.69, 9.17) is 0 Å². The predicted molar refractivity (Wildman–Crippen MR) is 76.3 cm³/mol. The highest BCUT2D eigenvalue weighted by atomic mass is 14.0. The fourth-order valence-electron chi connectivity index (χ4n) is 2.01. The van der Waals surface area contributed by atoms with Gasteiger partial charge in [-0.3, -0.25) is 0 Å². The van der Waals surface area contributed by atoms with E-state index in [1.54, 1.807) is 0 Å². The van der Waals surface area contributed by atoms with Crippen LogP contribution in [-0.4, -0.2) is 0 Å². The molecule has 0 aliphatic heterocycles. The molecular formula is C15H35N. The van der Waals surface area contributed by atoms with Gasteiger partial charge in [0, 0.05) is 0 Å². The second kappa shape index (κ2) is 15.0. The number of unbranched alkanes of at least 4 members (excludes halogenated alkanes) is 8. The van der Waals surface area contributed by atoms with E-state index in [0.717, 1.165) is 5.92 Å². The van der Waals surface area contributed by atoms with Crippen LogP contribution in [0, 0.1) is 5.92 Å². The molecule has 1 unspecified atom stereocenters. The Kier molecular flexibility index (Phi) is 17.1. The lowest BCUT2D eigenvalue weighted by Gasteiger charge is -2.07. The van der Waals surface area contributed by atoms with Crippen molar-refractivity contribution >= 4 is 0 Å². The molecule has 0 aliphatic carbocycles. The van der Waals surface area contributed by atoms with Gasteiger partial charge in [0.15, 0.2) is 0 Å². The molecule has 16 heavy (non-hydrogen) atoms. The van der Waals surface area contributed by atoms with E-state index < -0.39 is 0 Å². The zero-order chi connectivity index (χ0) is 11.4. The minimum Gasteiger partial charge on any atom is -0.344 e. The Morgan fingerprint density at radius 2 is 1.12 bits per heavy atom. The van der Waals surface area contributed by atoms with Crippen molar-refractivity contribution < 1.29 is 0 Å². The third kappa shape index (κ3) is 14.0. The molecule has 100 valence electrons. The van der Waals surface area contributed by atoms with Crippen molar-refractivity contribution in [1.29, 1.82) is 0 Å². The van der Waals surface area contributed by atoms with E-state index in [-0.39, 0.29) is 6.15 Å². The van der Waals surface area contributed by atoms with Gasteiger partial charge < -0.3 is 6.15 Å². The number of hydrogen-bond acceptors (Lipinski definition) is 1. The molecular weight excluding hydrogens is 194 g/mol. The Hall–Kier alpha value is -0.0400. The Bertz CT molecular complexity index is 112. The molecule has 0 rings (SSSR count). The van der Waals surface area contributed by atoms with Gasteiger partial charge in [0.2, 0.25) is 0 Å². The van der Waals surface area contributed by atoms with Crippen LogP contribution in [0.4, 0.5) is 0 Å². The molecule has 3 N–H and O–H groups in total. The van der Waals surface area contributed by atoms with Crippen molar-refractivity contribution in [2.45, 2.75) is 91.4 Å². The first-order valence-corrected chi connectivity index (χ1v) is 7.31. The highest BCUT2D eigenvalue weighted by Crippen LogP contribution is 2.14. The van der Waals surface area contributed by atoms with Gasteiger partial charge >= 0.3 is 0 Å². The van der Waals surface area contributed by atoms with Gasteiger partial charge in [-0.1, -0.05) is 91.4 Å². The summed E-state index contributed by atoms with van der Waals surface area (Å²) < 4.78 is 0.